The van der Waals surface area contributed by atoms with Gasteiger partial charge in [-0.1, -0.05) is 24.6 Å². The summed E-state index contributed by atoms with van der Waals surface area (Å²) in [6.45, 7) is 1.52. The maximum atomic E-state index is 13.1. The van der Waals surface area contributed by atoms with Gasteiger partial charge in [0.1, 0.15) is 17.1 Å². The molecule has 2 aromatic heterocycles. The van der Waals surface area contributed by atoms with Crippen molar-refractivity contribution in [2.45, 2.75) is 56.6 Å². The molecule has 6 rings (SSSR count). The summed E-state index contributed by atoms with van der Waals surface area (Å²) >= 11 is 0. The number of para-hydroxylation sites is 1. The molecular formula is C24H26N4O2. The Morgan fingerprint density at radius 2 is 1.87 bits per heavy atom. The molecule has 6 heteroatoms. The fourth-order valence-electron chi connectivity index (χ4n) is 5.13. The Bertz CT molecular complexity index is 1070. The van der Waals surface area contributed by atoms with Crippen molar-refractivity contribution in [3.05, 3.63) is 54.0 Å². The Labute approximate surface area is 175 Å². The highest BCUT2D eigenvalue weighted by molar-refractivity contribution is 5.82. The Hall–Kier alpha value is -2.89. The van der Waals surface area contributed by atoms with Crippen LogP contribution in [0, 0.1) is 0 Å². The van der Waals surface area contributed by atoms with Gasteiger partial charge in [0.25, 0.3) is 5.91 Å². The SMILES string of the molecule is O=C(C1Cc2ccccc2O1)N1CCC(n2c(C3CCC3)nc3cccnc32)CC1. The number of hydrogen-bond donors (Lipinski definition) is 0. The van der Waals surface area contributed by atoms with Crippen LogP contribution in [-0.2, 0) is 11.2 Å². The van der Waals surface area contributed by atoms with Crippen molar-refractivity contribution >= 4 is 17.1 Å². The molecule has 1 aromatic carbocycles. The van der Waals surface area contributed by atoms with E-state index >= 15 is 0 Å². The number of benzene rings is 1. The normalized spacial score (nSPS) is 22.0. The molecule has 1 unspecified atom stereocenters. The molecular weight excluding hydrogens is 376 g/mol. The molecule has 1 atom stereocenters. The topological polar surface area (TPSA) is 60.2 Å². The molecule has 4 heterocycles. The lowest BCUT2D eigenvalue weighted by molar-refractivity contribution is -0.139. The van der Waals surface area contributed by atoms with E-state index in [-0.39, 0.29) is 12.0 Å². The molecule has 30 heavy (non-hydrogen) atoms. The lowest BCUT2D eigenvalue weighted by Gasteiger charge is -2.36. The van der Waals surface area contributed by atoms with Gasteiger partial charge in [-0.3, -0.25) is 4.79 Å². The van der Waals surface area contributed by atoms with Gasteiger partial charge < -0.3 is 14.2 Å². The van der Waals surface area contributed by atoms with Gasteiger partial charge in [-0.25, -0.2) is 9.97 Å². The van der Waals surface area contributed by atoms with E-state index in [1.807, 2.05) is 41.4 Å². The number of hydrogen-bond acceptors (Lipinski definition) is 4. The number of amides is 1. The highest BCUT2D eigenvalue weighted by Crippen LogP contribution is 2.40. The number of carbonyl (C=O) groups is 1. The average Bonchev–Trinajstić information content (AvgIpc) is 3.34. The van der Waals surface area contributed by atoms with Crippen LogP contribution in [0.2, 0.25) is 0 Å². The van der Waals surface area contributed by atoms with Crippen LogP contribution in [-0.4, -0.2) is 44.5 Å². The molecule has 3 aromatic rings. The van der Waals surface area contributed by atoms with E-state index in [0.717, 1.165) is 48.4 Å². The summed E-state index contributed by atoms with van der Waals surface area (Å²) in [5.41, 5.74) is 3.13. The molecule has 2 fully saturated rings. The van der Waals surface area contributed by atoms with Gasteiger partial charge in [0.2, 0.25) is 0 Å². The molecule has 1 saturated heterocycles. The number of rotatable bonds is 3. The maximum absolute atomic E-state index is 13.1. The number of imidazole rings is 1. The molecule has 1 saturated carbocycles. The molecule has 0 spiro atoms. The maximum Gasteiger partial charge on any atom is 0.263 e. The van der Waals surface area contributed by atoms with Crippen molar-refractivity contribution in [3.63, 3.8) is 0 Å². The van der Waals surface area contributed by atoms with Gasteiger partial charge in [-0.05, 0) is 49.4 Å². The van der Waals surface area contributed by atoms with Crippen LogP contribution in [0.1, 0.15) is 55.5 Å². The van der Waals surface area contributed by atoms with Crippen LogP contribution >= 0.6 is 0 Å². The zero-order chi connectivity index (χ0) is 20.1. The number of aromatic nitrogens is 3. The fraction of sp³-hybridized carbons (Fsp3) is 0.458. The highest BCUT2D eigenvalue weighted by atomic mass is 16.5. The van der Waals surface area contributed by atoms with E-state index < -0.39 is 0 Å². The summed E-state index contributed by atoms with van der Waals surface area (Å²) in [5.74, 6) is 2.74. The third-order valence-corrected chi connectivity index (χ3v) is 7.01. The second kappa shape index (κ2) is 7.11. The third-order valence-electron chi connectivity index (χ3n) is 7.01. The summed E-state index contributed by atoms with van der Waals surface area (Å²) in [6, 6.07) is 12.3. The first-order chi connectivity index (χ1) is 14.8. The lowest BCUT2D eigenvalue weighted by Crippen LogP contribution is -2.45. The van der Waals surface area contributed by atoms with E-state index in [4.69, 9.17) is 9.72 Å². The van der Waals surface area contributed by atoms with Gasteiger partial charge >= 0.3 is 0 Å². The van der Waals surface area contributed by atoms with Crippen molar-refractivity contribution in [1.29, 1.82) is 0 Å². The predicted molar refractivity (Wildman–Crippen MR) is 114 cm³/mol. The van der Waals surface area contributed by atoms with Crippen molar-refractivity contribution < 1.29 is 9.53 Å². The number of pyridine rings is 1. The summed E-state index contributed by atoms with van der Waals surface area (Å²) in [7, 11) is 0. The summed E-state index contributed by atoms with van der Waals surface area (Å²) in [4.78, 5) is 24.7. The minimum absolute atomic E-state index is 0.123. The summed E-state index contributed by atoms with van der Waals surface area (Å²) in [5, 5.41) is 0. The van der Waals surface area contributed by atoms with Gasteiger partial charge in [0.05, 0.1) is 0 Å². The Balaban J connectivity index is 1.19. The highest BCUT2D eigenvalue weighted by Gasteiger charge is 2.36. The lowest BCUT2D eigenvalue weighted by atomic mass is 9.84. The zero-order valence-corrected chi connectivity index (χ0v) is 17.0. The zero-order valence-electron chi connectivity index (χ0n) is 17.0. The molecule has 154 valence electrons. The Morgan fingerprint density at radius 3 is 2.63 bits per heavy atom. The largest absolute Gasteiger partial charge is 0.480 e. The van der Waals surface area contributed by atoms with Gasteiger partial charge in [-0.15, -0.1) is 0 Å². The van der Waals surface area contributed by atoms with E-state index in [9.17, 15) is 4.79 Å². The van der Waals surface area contributed by atoms with Crippen LogP contribution in [0.15, 0.2) is 42.6 Å². The number of nitrogens with zero attached hydrogens (tertiary/aromatic N) is 4. The smallest absolute Gasteiger partial charge is 0.263 e. The number of fused-ring (bicyclic) bond motifs is 2. The number of carbonyl (C=O) groups excluding carboxylic acids is 1. The second-order valence-electron chi connectivity index (χ2n) is 8.79. The first-order valence-electron chi connectivity index (χ1n) is 11.1. The van der Waals surface area contributed by atoms with Crippen molar-refractivity contribution in [1.82, 2.24) is 19.4 Å². The van der Waals surface area contributed by atoms with Crippen molar-refractivity contribution in [3.8, 4) is 5.75 Å². The summed E-state index contributed by atoms with van der Waals surface area (Å²) in [6.07, 6.45) is 7.77. The molecule has 3 aliphatic rings. The second-order valence-corrected chi connectivity index (χ2v) is 8.79. The molecule has 1 amide bonds. The predicted octanol–water partition coefficient (Wildman–Crippen LogP) is 3.87. The molecule has 1 aliphatic carbocycles. The summed E-state index contributed by atoms with van der Waals surface area (Å²) < 4.78 is 8.33. The fourth-order valence-corrected chi connectivity index (χ4v) is 5.13. The van der Waals surface area contributed by atoms with E-state index in [1.54, 1.807) is 0 Å². The quantitative estimate of drug-likeness (QED) is 0.667. The monoisotopic (exact) mass is 402 g/mol. The first-order valence-corrected chi connectivity index (χ1v) is 11.1. The van der Waals surface area contributed by atoms with Gasteiger partial charge in [0.15, 0.2) is 11.8 Å². The van der Waals surface area contributed by atoms with Crippen molar-refractivity contribution in [2.75, 3.05) is 13.1 Å². The van der Waals surface area contributed by atoms with Crippen LogP contribution < -0.4 is 4.74 Å². The van der Waals surface area contributed by atoms with Gasteiger partial charge in [0, 0.05) is 37.7 Å². The Morgan fingerprint density at radius 1 is 1.03 bits per heavy atom. The third kappa shape index (κ3) is 2.89. The minimum atomic E-state index is -0.375. The minimum Gasteiger partial charge on any atom is -0.480 e. The van der Waals surface area contributed by atoms with Crippen molar-refractivity contribution in [2.24, 2.45) is 0 Å². The average molecular weight is 402 g/mol. The number of likely N-dealkylation sites (tertiary alicyclic amines) is 1. The van der Waals surface area contributed by atoms with E-state index in [2.05, 4.69) is 15.6 Å². The molecule has 0 bridgehead atoms. The number of piperidine rings is 1. The van der Waals surface area contributed by atoms with Crippen LogP contribution in [0.5, 0.6) is 5.75 Å². The van der Waals surface area contributed by atoms with Crippen LogP contribution in [0.3, 0.4) is 0 Å². The van der Waals surface area contributed by atoms with Gasteiger partial charge in [-0.2, -0.15) is 0 Å². The molecule has 0 N–H and O–H groups in total. The Kier molecular flexibility index (Phi) is 4.25. The van der Waals surface area contributed by atoms with E-state index in [0.29, 0.717) is 18.4 Å². The van der Waals surface area contributed by atoms with Crippen LogP contribution in [0.25, 0.3) is 11.2 Å². The van der Waals surface area contributed by atoms with E-state index in [1.165, 1.54) is 25.1 Å². The molecule has 2 aliphatic heterocycles. The standard InChI is InChI=1S/C24H26N4O2/c29-24(21-15-17-5-1-2-9-20(17)30-21)27-13-10-18(11-14-27)28-22(16-6-3-7-16)26-19-8-4-12-25-23(19)28/h1-2,4-5,8-9,12,16,18,21H,3,6-7,10-11,13-15H2. The molecule has 0 radical (unpaired) electrons. The molecule has 6 nitrogen and oxygen atoms in total. The van der Waals surface area contributed by atoms with Crippen LogP contribution in [0.4, 0.5) is 0 Å². The number of ether oxygens (including phenoxy) is 1. The first kappa shape index (κ1) is 17.9.